The van der Waals surface area contributed by atoms with Gasteiger partial charge in [-0.1, -0.05) is 59.7 Å². The van der Waals surface area contributed by atoms with E-state index in [2.05, 4.69) is 11.1 Å². The Morgan fingerprint density at radius 1 is 0.971 bits per heavy atom. The summed E-state index contributed by atoms with van der Waals surface area (Å²) in [5.74, 6) is 1.24. The van der Waals surface area contributed by atoms with Gasteiger partial charge in [-0.2, -0.15) is 5.26 Å². The fraction of sp³-hybridized carbons (Fsp3) is 0.111. The quantitative estimate of drug-likeness (QED) is 0.189. The third kappa shape index (κ3) is 4.11. The van der Waals surface area contributed by atoms with Crippen molar-refractivity contribution < 1.29 is 18.8 Å². The van der Waals surface area contributed by atoms with Crippen molar-refractivity contribution in [2.24, 2.45) is 4.99 Å². The summed E-state index contributed by atoms with van der Waals surface area (Å²) in [6, 6.07) is 20.5. The van der Waals surface area contributed by atoms with Crippen LogP contribution in [0, 0.1) is 35.3 Å². The SMILES string of the molecule is Cc1ccc(-c2oc(N=Cc3cc4c(cc3[N+](=O)[O-])OCO4)c(C#N)c2-c2ccc(C)cc2)cc1. The minimum atomic E-state index is -0.522. The molecular formula is C27H19N3O5. The average Bonchev–Trinajstić information content (AvgIpc) is 3.47. The van der Waals surface area contributed by atoms with Crippen molar-refractivity contribution in [3.05, 3.63) is 93.0 Å². The van der Waals surface area contributed by atoms with E-state index in [0.29, 0.717) is 22.8 Å². The van der Waals surface area contributed by atoms with Gasteiger partial charge in [-0.3, -0.25) is 10.1 Å². The number of nitriles is 1. The highest BCUT2D eigenvalue weighted by atomic mass is 16.7. The molecule has 2 heterocycles. The van der Waals surface area contributed by atoms with Crippen LogP contribution in [0.5, 0.6) is 11.5 Å². The largest absolute Gasteiger partial charge is 0.454 e. The van der Waals surface area contributed by atoms with Gasteiger partial charge < -0.3 is 13.9 Å². The molecule has 172 valence electrons. The van der Waals surface area contributed by atoms with Crippen molar-refractivity contribution in [2.75, 3.05) is 6.79 Å². The standard InChI is InChI=1S/C27H19N3O5/c1-16-3-7-18(8-4-16)25-21(13-28)27(35-26(25)19-9-5-17(2)6-10-19)29-14-20-11-23-24(34-15-33-23)12-22(20)30(31)32/h3-12,14H,15H2,1-2H3. The number of hydrogen-bond donors (Lipinski definition) is 0. The van der Waals surface area contributed by atoms with Crippen molar-refractivity contribution in [2.45, 2.75) is 13.8 Å². The summed E-state index contributed by atoms with van der Waals surface area (Å²) in [6.45, 7) is 3.96. The Balaban J connectivity index is 1.67. The molecule has 0 aliphatic carbocycles. The number of nitrogens with zero attached hydrogens (tertiary/aromatic N) is 3. The lowest BCUT2D eigenvalue weighted by atomic mass is 9.97. The van der Waals surface area contributed by atoms with Crippen LogP contribution in [0.3, 0.4) is 0 Å². The Morgan fingerprint density at radius 3 is 2.17 bits per heavy atom. The van der Waals surface area contributed by atoms with Gasteiger partial charge in [-0.25, -0.2) is 4.99 Å². The second-order valence-electron chi connectivity index (χ2n) is 8.11. The zero-order chi connectivity index (χ0) is 24.5. The predicted molar refractivity (Wildman–Crippen MR) is 130 cm³/mol. The van der Waals surface area contributed by atoms with Crippen molar-refractivity contribution in [3.63, 3.8) is 0 Å². The monoisotopic (exact) mass is 465 g/mol. The van der Waals surface area contributed by atoms with E-state index < -0.39 is 4.92 Å². The topological polar surface area (TPSA) is 111 Å². The molecule has 0 unspecified atom stereocenters. The molecule has 5 rings (SSSR count). The third-order valence-electron chi connectivity index (χ3n) is 5.69. The number of fused-ring (bicyclic) bond motifs is 1. The highest BCUT2D eigenvalue weighted by Gasteiger charge is 2.25. The van der Waals surface area contributed by atoms with E-state index in [4.69, 9.17) is 13.9 Å². The first-order valence-corrected chi connectivity index (χ1v) is 10.8. The maximum Gasteiger partial charge on any atom is 0.282 e. The molecule has 3 aromatic carbocycles. The summed E-state index contributed by atoms with van der Waals surface area (Å²) in [7, 11) is 0. The Bertz CT molecular complexity index is 1510. The van der Waals surface area contributed by atoms with Crippen LogP contribution in [-0.2, 0) is 0 Å². The molecule has 0 atom stereocenters. The van der Waals surface area contributed by atoms with E-state index in [1.165, 1.54) is 18.3 Å². The predicted octanol–water partition coefficient (Wildman–Crippen LogP) is 6.49. The van der Waals surface area contributed by atoms with Gasteiger partial charge in [-0.05, 0) is 25.5 Å². The number of ether oxygens (including phenoxy) is 2. The fourth-order valence-corrected chi connectivity index (χ4v) is 3.85. The van der Waals surface area contributed by atoms with Gasteiger partial charge in [-0.15, -0.1) is 0 Å². The van der Waals surface area contributed by atoms with Crippen LogP contribution in [0.1, 0.15) is 22.3 Å². The van der Waals surface area contributed by atoms with Crippen LogP contribution in [0.2, 0.25) is 0 Å². The Labute approximate surface area is 200 Å². The maximum absolute atomic E-state index is 11.6. The normalized spacial score (nSPS) is 12.1. The van der Waals surface area contributed by atoms with Gasteiger partial charge in [0.05, 0.1) is 16.6 Å². The first-order valence-electron chi connectivity index (χ1n) is 10.8. The number of hydrogen-bond acceptors (Lipinski definition) is 7. The third-order valence-corrected chi connectivity index (χ3v) is 5.69. The first-order chi connectivity index (χ1) is 16.9. The molecule has 0 fully saturated rings. The summed E-state index contributed by atoms with van der Waals surface area (Å²) in [6.07, 6.45) is 1.30. The van der Waals surface area contributed by atoms with Gasteiger partial charge in [0.2, 0.25) is 12.7 Å². The molecule has 0 amide bonds. The fourth-order valence-electron chi connectivity index (χ4n) is 3.85. The van der Waals surface area contributed by atoms with Crippen LogP contribution >= 0.6 is 0 Å². The number of nitro benzene ring substituents is 1. The van der Waals surface area contributed by atoms with Crippen molar-refractivity contribution in [1.82, 2.24) is 0 Å². The summed E-state index contributed by atoms with van der Waals surface area (Å²) in [5, 5.41) is 21.7. The highest BCUT2D eigenvalue weighted by Crippen LogP contribution is 2.43. The van der Waals surface area contributed by atoms with Crippen molar-refractivity contribution in [3.8, 4) is 40.0 Å². The molecule has 35 heavy (non-hydrogen) atoms. The number of rotatable bonds is 5. The molecule has 1 aliphatic rings. The van der Waals surface area contributed by atoms with Crippen LogP contribution in [0.4, 0.5) is 11.6 Å². The van der Waals surface area contributed by atoms with Gasteiger partial charge in [0.25, 0.3) is 5.69 Å². The van der Waals surface area contributed by atoms with Gasteiger partial charge in [0.1, 0.15) is 17.4 Å². The van der Waals surface area contributed by atoms with Crippen LogP contribution in [0.15, 0.2) is 70.1 Å². The number of furan rings is 1. The molecule has 0 saturated heterocycles. The molecule has 8 nitrogen and oxygen atoms in total. The maximum atomic E-state index is 11.6. The molecule has 1 aliphatic heterocycles. The number of aliphatic imine (C=N–C) groups is 1. The Hall–Kier alpha value is -4.90. The summed E-state index contributed by atoms with van der Waals surface area (Å²) in [5.41, 5.74) is 4.63. The highest BCUT2D eigenvalue weighted by molar-refractivity contribution is 5.92. The van der Waals surface area contributed by atoms with Crippen molar-refractivity contribution in [1.29, 1.82) is 5.26 Å². The van der Waals surface area contributed by atoms with Gasteiger partial charge in [0.15, 0.2) is 11.5 Å². The number of nitro groups is 1. The zero-order valence-corrected chi connectivity index (χ0v) is 18.9. The molecule has 0 radical (unpaired) electrons. The summed E-state index contributed by atoms with van der Waals surface area (Å²) >= 11 is 0. The molecule has 0 N–H and O–H groups in total. The minimum absolute atomic E-state index is 0.0102. The van der Waals surface area contributed by atoms with Crippen LogP contribution in [0.25, 0.3) is 22.5 Å². The average molecular weight is 465 g/mol. The van der Waals surface area contributed by atoms with Gasteiger partial charge in [0, 0.05) is 17.3 Å². The number of aryl methyl sites for hydroxylation is 2. The Morgan fingerprint density at radius 2 is 1.57 bits per heavy atom. The molecular weight excluding hydrogens is 446 g/mol. The minimum Gasteiger partial charge on any atom is -0.454 e. The zero-order valence-electron chi connectivity index (χ0n) is 18.9. The lowest BCUT2D eigenvalue weighted by Gasteiger charge is -2.05. The van der Waals surface area contributed by atoms with E-state index in [1.54, 1.807) is 0 Å². The Kier molecular flexibility index (Phi) is 5.51. The van der Waals surface area contributed by atoms with E-state index in [9.17, 15) is 15.4 Å². The lowest BCUT2D eigenvalue weighted by molar-refractivity contribution is -0.385. The smallest absolute Gasteiger partial charge is 0.282 e. The van der Waals surface area contributed by atoms with E-state index in [1.807, 2.05) is 62.4 Å². The lowest BCUT2D eigenvalue weighted by Crippen LogP contribution is -1.94. The summed E-state index contributed by atoms with van der Waals surface area (Å²) in [4.78, 5) is 15.5. The van der Waals surface area contributed by atoms with E-state index in [0.717, 1.165) is 22.3 Å². The second kappa shape index (κ2) is 8.80. The molecule has 4 aromatic rings. The molecule has 1 aromatic heterocycles. The van der Waals surface area contributed by atoms with Crippen LogP contribution < -0.4 is 9.47 Å². The molecule has 0 spiro atoms. The van der Waals surface area contributed by atoms with E-state index in [-0.39, 0.29) is 29.5 Å². The first kappa shape index (κ1) is 21.9. The molecule has 8 heteroatoms. The van der Waals surface area contributed by atoms with E-state index >= 15 is 0 Å². The molecule has 0 bridgehead atoms. The van der Waals surface area contributed by atoms with Gasteiger partial charge >= 0.3 is 0 Å². The second-order valence-corrected chi connectivity index (χ2v) is 8.11. The van der Waals surface area contributed by atoms with Crippen molar-refractivity contribution >= 4 is 17.8 Å². The van der Waals surface area contributed by atoms with Crippen LogP contribution in [-0.4, -0.2) is 17.9 Å². The molecule has 0 saturated carbocycles. The number of benzene rings is 3. The summed E-state index contributed by atoms with van der Waals surface area (Å²) < 4.78 is 16.7.